The smallest absolute Gasteiger partial charge is 0.0446 e. The summed E-state index contributed by atoms with van der Waals surface area (Å²) in [6, 6.07) is 37.8. The van der Waals surface area contributed by atoms with Gasteiger partial charge >= 0.3 is 0 Å². The van der Waals surface area contributed by atoms with Crippen LogP contribution >= 0.6 is 0 Å². The molecule has 3 radical (unpaired) electrons. The van der Waals surface area contributed by atoms with Crippen LogP contribution in [0.5, 0.6) is 0 Å². The van der Waals surface area contributed by atoms with Crippen molar-refractivity contribution in [2.75, 3.05) is 0 Å². The van der Waals surface area contributed by atoms with Gasteiger partial charge in [-0.1, -0.05) is 72.3 Å². The number of hydrogen-bond acceptors (Lipinski definition) is 1. The van der Waals surface area contributed by atoms with Gasteiger partial charge in [0.25, 0.3) is 0 Å². The van der Waals surface area contributed by atoms with Crippen LogP contribution in [0.15, 0.2) is 103 Å². The average molecular weight is 537 g/mol. The average Bonchev–Trinajstić information content (AvgIpc) is 2.74. The molecule has 1 nitrogen and oxygen atoms in total. The van der Waals surface area contributed by atoms with Crippen LogP contribution in [-0.4, -0.2) is 4.98 Å². The second-order valence-electron chi connectivity index (χ2n) is 6.21. The Morgan fingerprint density at radius 1 is 0.643 bits per heavy atom. The Hall–Kier alpha value is -2.80. The third kappa shape index (κ3) is 4.36. The number of pyridine rings is 1. The number of aromatic nitrogens is 1. The first-order chi connectivity index (χ1) is 13.3. The van der Waals surface area contributed by atoms with Gasteiger partial charge in [-0.3, -0.25) is 4.98 Å². The van der Waals surface area contributed by atoms with Crippen LogP contribution in [0.25, 0.3) is 11.1 Å². The molecule has 0 aliphatic heterocycles. The fourth-order valence-corrected chi connectivity index (χ4v) is 3.21. The van der Waals surface area contributed by atoms with Crippen molar-refractivity contribution in [2.24, 2.45) is 0 Å². The van der Waals surface area contributed by atoms with E-state index in [-0.39, 0.29) is 20.1 Å². The van der Waals surface area contributed by atoms with Crippen molar-refractivity contribution in [1.82, 2.24) is 4.98 Å². The van der Waals surface area contributed by atoms with Gasteiger partial charge in [0.15, 0.2) is 0 Å². The molecule has 0 amide bonds. The Morgan fingerprint density at radius 3 is 1.79 bits per heavy atom. The fraction of sp³-hybridized carbons (Fsp3) is 0. The minimum atomic E-state index is 0. The van der Waals surface area contributed by atoms with Crippen LogP contribution in [0, 0.1) is 13.0 Å². The van der Waals surface area contributed by atoms with E-state index in [0.717, 1.165) is 33.5 Å². The fourth-order valence-electron chi connectivity index (χ4n) is 3.21. The van der Waals surface area contributed by atoms with Crippen molar-refractivity contribution in [3.05, 3.63) is 144 Å². The Balaban J connectivity index is 0.00000225. The Morgan fingerprint density at radius 2 is 1.25 bits per heavy atom. The molecule has 4 rings (SSSR count). The summed E-state index contributed by atoms with van der Waals surface area (Å²) in [4.78, 5) is 4.62. The molecule has 28 heavy (non-hydrogen) atoms. The molecule has 0 saturated carbocycles. The first kappa shape index (κ1) is 19.9. The second-order valence-corrected chi connectivity index (χ2v) is 6.21. The van der Waals surface area contributed by atoms with E-state index in [9.17, 15) is 0 Å². The predicted octanol–water partition coefficient (Wildman–Crippen LogP) is 5.95. The summed E-state index contributed by atoms with van der Waals surface area (Å²) in [7, 11) is 0. The second kappa shape index (κ2) is 9.41. The summed E-state index contributed by atoms with van der Waals surface area (Å²) < 4.78 is 0. The standard InChI is InChI=1S/C26H18N.Ir/c1-20-12-11-19-24(27-20)26(23-17-9-4-10-18-23)25(21-13-5-2-6-14-21)22-15-7-3-8-16-22;/h1-17,19H;/q-1;. The monoisotopic (exact) mass is 537 g/mol. The number of hydrogen-bond donors (Lipinski definition) is 0. The normalized spacial score (nSPS) is 10.0. The molecule has 0 atom stereocenters. The first-order valence-corrected chi connectivity index (χ1v) is 8.88. The van der Waals surface area contributed by atoms with E-state index in [1.807, 2.05) is 42.5 Å². The van der Waals surface area contributed by atoms with E-state index >= 15 is 0 Å². The quantitative estimate of drug-likeness (QED) is 0.232. The Labute approximate surface area is 180 Å². The zero-order valence-electron chi connectivity index (χ0n) is 15.2. The predicted molar refractivity (Wildman–Crippen MR) is 111 cm³/mol. The van der Waals surface area contributed by atoms with Gasteiger partial charge < -0.3 is 0 Å². The van der Waals surface area contributed by atoms with Crippen molar-refractivity contribution in [3.63, 3.8) is 0 Å². The van der Waals surface area contributed by atoms with Crippen LogP contribution in [0.2, 0.25) is 0 Å². The van der Waals surface area contributed by atoms with Gasteiger partial charge in [0.2, 0.25) is 0 Å². The minimum Gasteiger partial charge on any atom is -0.263 e. The summed E-state index contributed by atoms with van der Waals surface area (Å²) in [5.41, 5.74) is 6.69. The molecule has 0 fully saturated rings. The molecular weight excluding hydrogens is 519 g/mol. The largest absolute Gasteiger partial charge is 0.263 e. The first-order valence-electron chi connectivity index (χ1n) is 8.88. The van der Waals surface area contributed by atoms with Gasteiger partial charge in [0.05, 0.1) is 0 Å². The van der Waals surface area contributed by atoms with Crippen LogP contribution in [0.1, 0.15) is 28.1 Å². The van der Waals surface area contributed by atoms with Crippen LogP contribution < -0.4 is 0 Å². The van der Waals surface area contributed by atoms with Gasteiger partial charge in [-0.05, 0) is 28.8 Å². The summed E-state index contributed by atoms with van der Waals surface area (Å²) in [6.07, 6.45) is 0. The summed E-state index contributed by atoms with van der Waals surface area (Å²) >= 11 is 0. The van der Waals surface area contributed by atoms with Gasteiger partial charge in [0, 0.05) is 38.4 Å². The zero-order valence-corrected chi connectivity index (χ0v) is 17.6. The number of rotatable bonds is 4. The molecule has 0 saturated heterocycles. The van der Waals surface area contributed by atoms with Crippen LogP contribution in [-0.2, 0) is 20.1 Å². The van der Waals surface area contributed by atoms with Crippen LogP contribution in [0.3, 0.4) is 0 Å². The minimum absolute atomic E-state index is 0. The molecule has 0 aliphatic carbocycles. The maximum Gasteiger partial charge on any atom is 0.0446 e. The molecule has 2 heteroatoms. The molecule has 137 valence electrons. The molecule has 1 aromatic heterocycles. The molecule has 4 aromatic rings. The molecule has 1 heterocycles. The van der Waals surface area contributed by atoms with Crippen molar-refractivity contribution >= 4 is 11.1 Å². The molecular formula is C26H18IrN-. The van der Waals surface area contributed by atoms with Crippen molar-refractivity contribution < 1.29 is 20.1 Å². The van der Waals surface area contributed by atoms with Gasteiger partial charge in [-0.25, -0.2) is 0 Å². The van der Waals surface area contributed by atoms with Crippen molar-refractivity contribution in [2.45, 2.75) is 0 Å². The summed E-state index contributed by atoms with van der Waals surface area (Å²) in [5.74, 6) is 0. The summed E-state index contributed by atoms with van der Waals surface area (Å²) in [6.45, 7) is 6.01. The van der Waals surface area contributed by atoms with E-state index in [0.29, 0.717) is 5.69 Å². The SMILES string of the molecule is [CH]c1cccc(C(=C(c2ccccc2)c2ccccc2)c2[c-]cccc2)n1.[Ir]. The molecule has 0 unspecified atom stereocenters. The van der Waals surface area contributed by atoms with E-state index < -0.39 is 0 Å². The van der Waals surface area contributed by atoms with Crippen molar-refractivity contribution in [1.29, 1.82) is 0 Å². The van der Waals surface area contributed by atoms with Gasteiger partial charge in [-0.2, -0.15) is 0 Å². The van der Waals surface area contributed by atoms with E-state index in [1.54, 1.807) is 6.07 Å². The summed E-state index contributed by atoms with van der Waals surface area (Å²) in [5, 5.41) is 0. The van der Waals surface area contributed by atoms with Crippen LogP contribution in [0.4, 0.5) is 0 Å². The third-order valence-electron chi connectivity index (χ3n) is 4.38. The van der Waals surface area contributed by atoms with E-state index in [4.69, 9.17) is 6.92 Å². The Kier molecular flexibility index (Phi) is 6.71. The van der Waals surface area contributed by atoms with Gasteiger partial charge in [-0.15, -0.1) is 35.9 Å². The molecule has 0 bridgehead atoms. The van der Waals surface area contributed by atoms with E-state index in [2.05, 4.69) is 65.6 Å². The maximum absolute atomic E-state index is 6.01. The van der Waals surface area contributed by atoms with E-state index in [1.165, 1.54) is 0 Å². The topological polar surface area (TPSA) is 12.9 Å². The van der Waals surface area contributed by atoms with Gasteiger partial charge in [0.1, 0.15) is 0 Å². The number of benzene rings is 3. The molecule has 0 aliphatic rings. The Bertz CT molecular complexity index is 1010. The van der Waals surface area contributed by atoms with Crippen molar-refractivity contribution in [3.8, 4) is 0 Å². The zero-order chi connectivity index (χ0) is 18.5. The number of nitrogens with zero attached hydrogens (tertiary/aromatic N) is 1. The molecule has 0 spiro atoms. The third-order valence-corrected chi connectivity index (χ3v) is 4.38. The molecule has 0 N–H and O–H groups in total. The maximum atomic E-state index is 6.01. The molecule has 3 aromatic carbocycles.